The molecule has 1 aliphatic carbocycles. The van der Waals surface area contributed by atoms with E-state index in [1.807, 2.05) is 24.3 Å². The Hall–Kier alpha value is -1.12. The molecule has 1 nitrogen and oxygen atoms in total. The van der Waals surface area contributed by atoms with Gasteiger partial charge in [-0.25, -0.2) is 8.78 Å². The van der Waals surface area contributed by atoms with Crippen molar-refractivity contribution in [1.82, 2.24) is 0 Å². The van der Waals surface area contributed by atoms with E-state index in [9.17, 15) is 8.78 Å². The summed E-state index contributed by atoms with van der Waals surface area (Å²) >= 11 is 0. The summed E-state index contributed by atoms with van der Waals surface area (Å²) in [5.41, 5.74) is 1.07. The molecule has 0 bridgehead atoms. The highest BCUT2D eigenvalue weighted by Gasteiger charge is 2.59. The molecule has 1 aromatic carbocycles. The molecule has 1 N–H and O–H groups in total. The van der Waals surface area contributed by atoms with Crippen LogP contribution in [-0.4, -0.2) is 12.4 Å². The number of nitrogens with one attached hydrogen (secondary N) is 1. The second-order valence-corrected chi connectivity index (χ2v) is 4.20. The number of para-hydroxylation sites is 1. The average Bonchev–Trinajstić information content (AvgIpc) is 2.39. The molecule has 1 atom stereocenters. The van der Waals surface area contributed by atoms with Crippen LogP contribution in [0.2, 0.25) is 0 Å². The lowest BCUT2D eigenvalue weighted by atomic mass is 9.63. The molecule has 74 valence electrons. The van der Waals surface area contributed by atoms with Crippen LogP contribution in [0.1, 0.15) is 19.8 Å². The second-order valence-electron chi connectivity index (χ2n) is 4.20. The first-order valence-corrected chi connectivity index (χ1v) is 4.70. The van der Waals surface area contributed by atoms with Crippen LogP contribution in [0, 0.1) is 0 Å². The van der Waals surface area contributed by atoms with Gasteiger partial charge in [0.05, 0.1) is 0 Å². The molecular weight excluding hydrogens is 184 g/mol. The average molecular weight is 196 g/mol. The van der Waals surface area contributed by atoms with Crippen LogP contribution >= 0.6 is 0 Å². The lowest BCUT2D eigenvalue weighted by Gasteiger charge is -2.44. The maximum absolute atomic E-state index is 13.0. The highest BCUT2D eigenvalue weighted by molar-refractivity contribution is 5.61. The Bertz CT molecular complexity index is 411. The summed E-state index contributed by atoms with van der Waals surface area (Å²) in [7, 11) is 0. The van der Waals surface area contributed by atoms with Crippen molar-refractivity contribution in [2.45, 2.75) is 24.2 Å². The molecule has 3 rings (SSSR count). The smallest absolute Gasteiger partial charge is 0.250 e. The first-order valence-electron chi connectivity index (χ1n) is 5.27. The maximum atomic E-state index is 13.0. The quantitative estimate of drug-likeness (QED) is 0.672. The number of rotatable bonds is 0. The first kappa shape index (κ1) is 7.21. The van der Waals surface area contributed by atoms with Gasteiger partial charge in [0, 0.05) is 31.8 Å². The number of benzene rings is 1. The maximum Gasteiger partial charge on any atom is 0.250 e. The van der Waals surface area contributed by atoms with Crippen LogP contribution < -0.4 is 5.32 Å². The van der Waals surface area contributed by atoms with Gasteiger partial charge in [-0.15, -0.1) is 0 Å². The van der Waals surface area contributed by atoms with E-state index in [4.69, 9.17) is 1.37 Å². The summed E-state index contributed by atoms with van der Waals surface area (Å²) in [6.07, 6.45) is -0.393. The number of halogens is 2. The third kappa shape index (κ3) is 0.925. The van der Waals surface area contributed by atoms with Gasteiger partial charge in [-0.3, -0.25) is 0 Å². The van der Waals surface area contributed by atoms with Gasteiger partial charge in [-0.05, 0) is 11.6 Å². The third-order valence-corrected chi connectivity index (χ3v) is 3.12. The Morgan fingerprint density at radius 1 is 1.29 bits per heavy atom. The number of alkyl halides is 2. The van der Waals surface area contributed by atoms with Crippen molar-refractivity contribution in [3.8, 4) is 0 Å². The zero-order chi connectivity index (χ0) is 10.7. The fourth-order valence-corrected chi connectivity index (χ4v) is 2.50. The number of hydrogen-bond acceptors (Lipinski definition) is 1. The predicted molar refractivity (Wildman–Crippen MR) is 50.8 cm³/mol. The van der Waals surface area contributed by atoms with Crippen LogP contribution in [0.25, 0.3) is 0 Å². The third-order valence-electron chi connectivity index (χ3n) is 3.12. The van der Waals surface area contributed by atoms with E-state index >= 15 is 0 Å². The van der Waals surface area contributed by atoms with E-state index in [0.29, 0.717) is 0 Å². The predicted octanol–water partition coefficient (Wildman–Crippen LogP) is 2.78. The summed E-state index contributed by atoms with van der Waals surface area (Å²) in [4.78, 5) is 0. The van der Waals surface area contributed by atoms with Crippen molar-refractivity contribution in [3.05, 3.63) is 29.8 Å². The van der Waals surface area contributed by atoms with Gasteiger partial charge in [0.15, 0.2) is 0 Å². The summed E-state index contributed by atoms with van der Waals surface area (Å²) in [5, 5.41) is 2.96. The molecular formula is C11H11F2N. The summed E-state index contributed by atoms with van der Waals surface area (Å²) < 4.78 is 33.8. The van der Waals surface area contributed by atoms with Crippen LogP contribution in [0.4, 0.5) is 14.5 Å². The van der Waals surface area contributed by atoms with Crippen molar-refractivity contribution < 1.29 is 10.2 Å². The van der Waals surface area contributed by atoms with Gasteiger partial charge in [-0.2, -0.15) is 0 Å². The molecule has 1 heterocycles. The molecule has 14 heavy (non-hydrogen) atoms. The first-order chi connectivity index (χ1) is 7.04. The molecule has 1 aliphatic heterocycles. The van der Waals surface area contributed by atoms with Crippen molar-refractivity contribution in [2.24, 2.45) is 0 Å². The fraction of sp³-hybridized carbons (Fsp3) is 0.455. The van der Waals surface area contributed by atoms with E-state index in [1.54, 1.807) is 0 Å². The minimum Gasteiger partial charge on any atom is -0.384 e. The molecule has 0 aromatic heterocycles. The standard InChI is InChI=1S/C11H11F2N/c12-11(13)5-10(6-11)7-14-9-4-2-1-3-8(9)10/h1-4,14H,5-7H2/i7D. The molecule has 1 fully saturated rings. The minimum atomic E-state index is -2.58. The largest absolute Gasteiger partial charge is 0.384 e. The van der Waals surface area contributed by atoms with Crippen molar-refractivity contribution >= 4 is 5.69 Å². The van der Waals surface area contributed by atoms with E-state index in [-0.39, 0.29) is 12.8 Å². The van der Waals surface area contributed by atoms with Crippen LogP contribution in [0.15, 0.2) is 24.3 Å². The number of fused-ring (bicyclic) bond motifs is 2. The van der Waals surface area contributed by atoms with Crippen molar-refractivity contribution in [1.29, 1.82) is 0 Å². The Balaban J connectivity index is 2.05. The monoisotopic (exact) mass is 196 g/mol. The Kier molecular flexibility index (Phi) is 1.17. The molecule has 3 heteroatoms. The summed E-state index contributed by atoms with van der Waals surface area (Å²) in [5.74, 6) is -2.58. The molecule has 0 saturated heterocycles. The molecule has 1 aromatic rings. The van der Waals surface area contributed by atoms with E-state index in [1.165, 1.54) is 0 Å². The van der Waals surface area contributed by atoms with Crippen LogP contribution in [0.3, 0.4) is 0 Å². The molecule has 2 aliphatic rings. The molecule has 0 radical (unpaired) electrons. The topological polar surface area (TPSA) is 12.0 Å². The van der Waals surface area contributed by atoms with Gasteiger partial charge in [-0.1, -0.05) is 18.2 Å². The fourth-order valence-electron chi connectivity index (χ4n) is 2.50. The highest BCUT2D eigenvalue weighted by atomic mass is 19.3. The van der Waals surface area contributed by atoms with Gasteiger partial charge < -0.3 is 5.32 Å². The van der Waals surface area contributed by atoms with Crippen LogP contribution in [0.5, 0.6) is 0 Å². The van der Waals surface area contributed by atoms with Gasteiger partial charge in [0.2, 0.25) is 5.92 Å². The zero-order valence-corrected chi connectivity index (χ0v) is 7.56. The lowest BCUT2D eigenvalue weighted by Crippen LogP contribution is -2.50. The molecule has 1 saturated carbocycles. The molecule has 1 unspecified atom stereocenters. The normalized spacial score (nSPS) is 31.6. The van der Waals surface area contributed by atoms with E-state index in [2.05, 4.69) is 5.32 Å². The zero-order valence-electron chi connectivity index (χ0n) is 8.56. The van der Waals surface area contributed by atoms with Crippen molar-refractivity contribution in [3.63, 3.8) is 0 Å². The summed E-state index contributed by atoms with van der Waals surface area (Å²) in [6.45, 7) is -0.630. The summed E-state index contributed by atoms with van der Waals surface area (Å²) in [6, 6.07) is 7.40. The Morgan fingerprint density at radius 2 is 2.00 bits per heavy atom. The number of hydrogen-bond donors (Lipinski definition) is 1. The second kappa shape index (κ2) is 2.27. The van der Waals surface area contributed by atoms with E-state index in [0.717, 1.165) is 11.3 Å². The van der Waals surface area contributed by atoms with Gasteiger partial charge in [0.1, 0.15) is 0 Å². The highest BCUT2D eigenvalue weighted by Crippen LogP contribution is 2.57. The number of anilines is 1. The Morgan fingerprint density at radius 3 is 2.71 bits per heavy atom. The SMILES string of the molecule is [2H]C1Nc2ccccc2C12CC(F)(F)C2. The van der Waals surface area contributed by atoms with Gasteiger partial charge in [0.25, 0.3) is 0 Å². The lowest BCUT2D eigenvalue weighted by molar-refractivity contribution is -0.120. The minimum absolute atomic E-state index is 0.196. The van der Waals surface area contributed by atoms with Gasteiger partial charge >= 0.3 is 0 Å². The van der Waals surface area contributed by atoms with Crippen LogP contribution in [-0.2, 0) is 5.41 Å². The Labute approximate surface area is 82.5 Å². The van der Waals surface area contributed by atoms with Crippen molar-refractivity contribution in [2.75, 3.05) is 11.8 Å². The van der Waals surface area contributed by atoms with E-state index < -0.39 is 17.9 Å². The molecule has 0 amide bonds. The molecule has 1 spiro atoms.